The van der Waals surface area contributed by atoms with Crippen molar-refractivity contribution in [2.75, 3.05) is 32.8 Å². The Hall–Kier alpha value is -0.590. The van der Waals surface area contributed by atoms with E-state index < -0.39 is 0 Å². The van der Waals surface area contributed by atoms with Gasteiger partial charge in [-0.3, -0.25) is 4.90 Å². The Balaban J connectivity index is 2.02. The average molecular weight is 224 g/mol. The standard InChI is InChI=1S/C13H24N2O/c1-12(2)5-8-16-9-7-15-6-3-4-13(10-14)11-15/h12-13H,3-9,11H2,1-2H3. The molecule has 3 heteroatoms. The summed E-state index contributed by atoms with van der Waals surface area (Å²) >= 11 is 0. The van der Waals surface area contributed by atoms with Gasteiger partial charge in [-0.05, 0) is 31.7 Å². The van der Waals surface area contributed by atoms with E-state index in [1.807, 2.05) is 0 Å². The highest BCUT2D eigenvalue weighted by Crippen LogP contribution is 2.14. The van der Waals surface area contributed by atoms with E-state index >= 15 is 0 Å². The summed E-state index contributed by atoms with van der Waals surface area (Å²) in [6.07, 6.45) is 3.37. The second-order valence-electron chi connectivity index (χ2n) is 5.06. The number of likely N-dealkylation sites (tertiary alicyclic amines) is 1. The van der Waals surface area contributed by atoms with Crippen LogP contribution in [0.25, 0.3) is 0 Å². The first-order chi connectivity index (χ1) is 7.72. The molecule has 1 rings (SSSR count). The Bertz CT molecular complexity index is 222. The van der Waals surface area contributed by atoms with Crippen molar-refractivity contribution in [1.82, 2.24) is 4.90 Å². The molecule has 0 aromatic rings. The molecule has 1 atom stereocenters. The smallest absolute Gasteiger partial charge is 0.0669 e. The molecule has 92 valence electrons. The van der Waals surface area contributed by atoms with Gasteiger partial charge in [-0.25, -0.2) is 0 Å². The van der Waals surface area contributed by atoms with E-state index in [-0.39, 0.29) is 5.92 Å². The Morgan fingerprint density at radius 1 is 1.44 bits per heavy atom. The number of hydrogen-bond donors (Lipinski definition) is 0. The molecule has 16 heavy (non-hydrogen) atoms. The van der Waals surface area contributed by atoms with E-state index in [9.17, 15) is 0 Å². The van der Waals surface area contributed by atoms with Crippen LogP contribution in [0.1, 0.15) is 33.1 Å². The molecule has 0 N–H and O–H groups in total. The maximum absolute atomic E-state index is 8.87. The third-order valence-corrected chi connectivity index (χ3v) is 3.08. The molecule has 0 saturated carbocycles. The molecule has 1 heterocycles. The van der Waals surface area contributed by atoms with Crippen LogP contribution < -0.4 is 0 Å². The summed E-state index contributed by atoms with van der Waals surface area (Å²) < 4.78 is 5.59. The van der Waals surface area contributed by atoms with Gasteiger partial charge in [-0.1, -0.05) is 13.8 Å². The van der Waals surface area contributed by atoms with Gasteiger partial charge in [-0.2, -0.15) is 5.26 Å². The van der Waals surface area contributed by atoms with E-state index in [0.717, 1.165) is 58.0 Å². The molecule has 0 bridgehead atoms. The number of nitrogens with zero attached hydrogens (tertiary/aromatic N) is 2. The fourth-order valence-electron chi connectivity index (χ4n) is 1.98. The summed E-state index contributed by atoms with van der Waals surface area (Å²) in [5.74, 6) is 0.961. The lowest BCUT2D eigenvalue weighted by Crippen LogP contribution is -2.37. The first-order valence-corrected chi connectivity index (χ1v) is 6.42. The molecular formula is C13H24N2O. The van der Waals surface area contributed by atoms with Crippen LogP contribution in [0, 0.1) is 23.2 Å². The van der Waals surface area contributed by atoms with Gasteiger partial charge in [0.15, 0.2) is 0 Å². The lowest BCUT2D eigenvalue weighted by molar-refractivity contribution is 0.0846. The van der Waals surface area contributed by atoms with Gasteiger partial charge in [0.1, 0.15) is 0 Å². The largest absolute Gasteiger partial charge is 0.380 e. The summed E-state index contributed by atoms with van der Waals surface area (Å²) in [6, 6.07) is 2.37. The predicted molar refractivity (Wildman–Crippen MR) is 65.1 cm³/mol. The quantitative estimate of drug-likeness (QED) is 0.649. The Labute approximate surface area is 99.4 Å². The van der Waals surface area contributed by atoms with Crippen LogP contribution >= 0.6 is 0 Å². The molecule has 0 radical (unpaired) electrons. The van der Waals surface area contributed by atoms with E-state index in [4.69, 9.17) is 10.00 Å². The zero-order chi connectivity index (χ0) is 11.8. The maximum Gasteiger partial charge on any atom is 0.0669 e. The van der Waals surface area contributed by atoms with Crippen molar-refractivity contribution in [1.29, 1.82) is 5.26 Å². The van der Waals surface area contributed by atoms with Crippen LogP contribution in [0.2, 0.25) is 0 Å². The first kappa shape index (κ1) is 13.5. The second kappa shape index (κ2) is 7.65. The summed E-state index contributed by atoms with van der Waals surface area (Å²) in [7, 11) is 0. The Morgan fingerprint density at radius 3 is 2.94 bits per heavy atom. The van der Waals surface area contributed by atoms with Crippen molar-refractivity contribution in [2.24, 2.45) is 11.8 Å². The van der Waals surface area contributed by atoms with Crippen LogP contribution in [0.15, 0.2) is 0 Å². The minimum Gasteiger partial charge on any atom is -0.380 e. The van der Waals surface area contributed by atoms with E-state index in [1.54, 1.807) is 0 Å². The number of ether oxygens (including phenoxy) is 1. The molecule has 0 aliphatic carbocycles. The van der Waals surface area contributed by atoms with Crippen molar-refractivity contribution in [3.8, 4) is 6.07 Å². The molecule has 0 spiro atoms. The number of hydrogen-bond acceptors (Lipinski definition) is 3. The Kier molecular flexibility index (Phi) is 6.44. The summed E-state index contributed by atoms with van der Waals surface area (Å²) in [5.41, 5.74) is 0. The topological polar surface area (TPSA) is 36.3 Å². The molecule has 1 fully saturated rings. The van der Waals surface area contributed by atoms with Gasteiger partial charge in [0.2, 0.25) is 0 Å². The average Bonchev–Trinajstić information content (AvgIpc) is 2.28. The Morgan fingerprint density at radius 2 is 2.25 bits per heavy atom. The van der Waals surface area contributed by atoms with E-state index in [1.165, 1.54) is 0 Å². The molecule has 0 amide bonds. The highest BCUT2D eigenvalue weighted by atomic mass is 16.5. The number of piperidine rings is 1. The van der Waals surface area contributed by atoms with Gasteiger partial charge in [0, 0.05) is 19.7 Å². The SMILES string of the molecule is CC(C)CCOCCN1CCCC(C#N)C1. The number of rotatable bonds is 6. The third-order valence-electron chi connectivity index (χ3n) is 3.08. The van der Waals surface area contributed by atoms with Crippen molar-refractivity contribution in [3.63, 3.8) is 0 Å². The second-order valence-corrected chi connectivity index (χ2v) is 5.06. The minimum absolute atomic E-state index is 0.240. The zero-order valence-electron chi connectivity index (χ0n) is 10.6. The monoisotopic (exact) mass is 224 g/mol. The molecule has 0 aromatic heterocycles. The fourth-order valence-corrected chi connectivity index (χ4v) is 1.98. The molecule has 1 aliphatic heterocycles. The van der Waals surface area contributed by atoms with E-state index in [2.05, 4.69) is 24.8 Å². The van der Waals surface area contributed by atoms with Crippen LogP contribution in [0.3, 0.4) is 0 Å². The van der Waals surface area contributed by atoms with Gasteiger partial charge in [0.05, 0.1) is 18.6 Å². The normalized spacial score (nSPS) is 22.2. The highest BCUT2D eigenvalue weighted by Gasteiger charge is 2.18. The highest BCUT2D eigenvalue weighted by molar-refractivity contribution is 4.88. The molecule has 1 saturated heterocycles. The van der Waals surface area contributed by atoms with Crippen LogP contribution in [0.4, 0.5) is 0 Å². The van der Waals surface area contributed by atoms with Crippen LogP contribution in [-0.4, -0.2) is 37.7 Å². The van der Waals surface area contributed by atoms with E-state index in [0.29, 0.717) is 0 Å². The van der Waals surface area contributed by atoms with Crippen LogP contribution in [-0.2, 0) is 4.74 Å². The molecule has 1 aliphatic rings. The summed E-state index contributed by atoms with van der Waals surface area (Å²) in [5, 5.41) is 8.87. The van der Waals surface area contributed by atoms with Crippen molar-refractivity contribution in [3.05, 3.63) is 0 Å². The zero-order valence-corrected chi connectivity index (χ0v) is 10.6. The summed E-state index contributed by atoms with van der Waals surface area (Å²) in [6.45, 7) is 9.15. The van der Waals surface area contributed by atoms with Crippen molar-refractivity contribution >= 4 is 0 Å². The molecule has 1 unspecified atom stereocenters. The first-order valence-electron chi connectivity index (χ1n) is 6.42. The maximum atomic E-state index is 8.87. The molecule has 0 aromatic carbocycles. The number of nitriles is 1. The minimum atomic E-state index is 0.240. The summed E-state index contributed by atoms with van der Waals surface area (Å²) in [4.78, 5) is 2.35. The molecule has 3 nitrogen and oxygen atoms in total. The van der Waals surface area contributed by atoms with Gasteiger partial charge in [-0.15, -0.1) is 0 Å². The van der Waals surface area contributed by atoms with Crippen molar-refractivity contribution < 1.29 is 4.74 Å². The predicted octanol–water partition coefficient (Wildman–Crippen LogP) is 2.28. The molecular weight excluding hydrogens is 200 g/mol. The third kappa shape index (κ3) is 5.48. The van der Waals surface area contributed by atoms with Gasteiger partial charge in [0.25, 0.3) is 0 Å². The van der Waals surface area contributed by atoms with Crippen LogP contribution in [0.5, 0.6) is 0 Å². The van der Waals surface area contributed by atoms with Crippen molar-refractivity contribution in [2.45, 2.75) is 33.1 Å². The fraction of sp³-hybridized carbons (Fsp3) is 0.923. The lowest BCUT2D eigenvalue weighted by atomic mass is 10.00. The lowest BCUT2D eigenvalue weighted by Gasteiger charge is -2.29. The van der Waals surface area contributed by atoms with Gasteiger partial charge < -0.3 is 4.74 Å². The van der Waals surface area contributed by atoms with Gasteiger partial charge >= 0.3 is 0 Å².